The van der Waals surface area contributed by atoms with Crippen LogP contribution in [0.3, 0.4) is 0 Å². The molecule has 1 aromatic heterocycles. The Morgan fingerprint density at radius 2 is 1.81 bits per heavy atom. The number of carbonyl (C=O) groups excluding carboxylic acids is 1. The Morgan fingerprint density at radius 1 is 1.10 bits per heavy atom. The molecule has 9 heteroatoms. The zero-order valence-corrected chi connectivity index (χ0v) is 19.6. The van der Waals surface area contributed by atoms with Crippen LogP contribution in [0.2, 0.25) is 0 Å². The Kier molecular flexibility index (Phi) is 7.64. The van der Waals surface area contributed by atoms with Crippen LogP contribution in [-0.2, 0) is 10.0 Å². The molecule has 0 fully saturated rings. The van der Waals surface area contributed by atoms with Gasteiger partial charge in [0.1, 0.15) is 5.75 Å². The Hall–Kier alpha value is -2.49. The molecule has 2 aromatic carbocycles. The van der Waals surface area contributed by atoms with Gasteiger partial charge in [0.25, 0.3) is 5.91 Å². The van der Waals surface area contributed by atoms with Gasteiger partial charge in [0.15, 0.2) is 5.13 Å². The first-order valence-electron chi connectivity index (χ1n) is 10.3. The molecular formula is C22H27N3O4S2. The number of hydrogen-bond donors (Lipinski definition) is 1. The maximum atomic E-state index is 13.1. The van der Waals surface area contributed by atoms with Crippen molar-refractivity contribution in [2.45, 2.75) is 38.5 Å². The molecule has 166 valence electrons. The molecule has 3 aromatic rings. The van der Waals surface area contributed by atoms with Gasteiger partial charge < -0.3 is 4.74 Å². The lowest BCUT2D eigenvalue weighted by Crippen LogP contribution is -2.32. The Morgan fingerprint density at radius 3 is 2.48 bits per heavy atom. The van der Waals surface area contributed by atoms with Crippen molar-refractivity contribution in [2.24, 2.45) is 0 Å². The zero-order chi connectivity index (χ0) is 22.4. The Bertz CT molecular complexity index is 1150. The number of thiazole rings is 1. The summed E-state index contributed by atoms with van der Waals surface area (Å²) in [5, 5.41) is 3.20. The van der Waals surface area contributed by atoms with Crippen LogP contribution in [0.4, 0.5) is 5.13 Å². The average Bonchev–Trinajstić information content (AvgIpc) is 3.15. The Balaban J connectivity index is 1.87. The number of rotatable bonds is 10. The second kappa shape index (κ2) is 10.2. The van der Waals surface area contributed by atoms with Gasteiger partial charge in [-0.1, -0.05) is 37.3 Å². The first-order chi connectivity index (χ1) is 14.9. The highest BCUT2D eigenvalue weighted by atomic mass is 32.2. The molecular weight excluding hydrogens is 434 g/mol. The minimum Gasteiger partial charge on any atom is -0.493 e. The fraction of sp³-hybridized carbons (Fsp3) is 0.364. The largest absolute Gasteiger partial charge is 0.493 e. The third-order valence-corrected chi connectivity index (χ3v) is 7.42. The fourth-order valence-electron chi connectivity index (χ4n) is 3.22. The van der Waals surface area contributed by atoms with Gasteiger partial charge in [-0.2, -0.15) is 4.31 Å². The van der Waals surface area contributed by atoms with Gasteiger partial charge in [0, 0.05) is 13.1 Å². The minimum atomic E-state index is -3.58. The number of nitrogens with one attached hydrogen (secondary N) is 1. The third-order valence-electron chi connectivity index (χ3n) is 4.60. The summed E-state index contributed by atoms with van der Waals surface area (Å²) in [7, 11) is -3.58. The maximum absolute atomic E-state index is 13.1. The van der Waals surface area contributed by atoms with Gasteiger partial charge in [-0.15, -0.1) is 0 Å². The van der Waals surface area contributed by atoms with Gasteiger partial charge >= 0.3 is 0 Å². The lowest BCUT2D eigenvalue weighted by molar-refractivity contribution is 0.102. The van der Waals surface area contributed by atoms with Crippen LogP contribution in [0.1, 0.15) is 44.0 Å². The predicted octanol–water partition coefficient (Wildman–Crippen LogP) is 4.76. The predicted molar refractivity (Wildman–Crippen MR) is 125 cm³/mol. The van der Waals surface area contributed by atoms with Crippen LogP contribution in [0.25, 0.3) is 10.2 Å². The van der Waals surface area contributed by atoms with Crippen LogP contribution in [0.15, 0.2) is 47.4 Å². The summed E-state index contributed by atoms with van der Waals surface area (Å²) in [6, 6.07) is 11.9. The first-order valence-corrected chi connectivity index (χ1v) is 12.6. The lowest BCUT2D eigenvalue weighted by atomic mass is 10.2. The summed E-state index contributed by atoms with van der Waals surface area (Å²) in [5.41, 5.74) is 1.05. The van der Waals surface area contributed by atoms with E-state index in [1.165, 1.54) is 15.6 Å². The molecule has 3 rings (SSSR count). The van der Waals surface area contributed by atoms with Crippen LogP contribution in [0.5, 0.6) is 5.75 Å². The molecule has 1 heterocycles. The highest BCUT2D eigenvalue weighted by Gasteiger charge is 2.24. The van der Waals surface area contributed by atoms with E-state index in [-0.39, 0.29) is 10.8 Å². The van der Waals surface area contributed by atoms with Crippen molar-refractivity contribution < 1.29 is 17.9 Å². The summed E-state index contributed by atoms with van der Waals surface area (Å²) >= 11 is 1.24. The minimum absolute atomic E-state index is 0.241. The van der Waals surface area contributed by atoms with Crippen molar-refractivity contribution >= 4 is 42.6 Å². The van der Waals surface area contributed by atoms with Crippen LogP contribution in [-0.4, -0.2) is 43.3 Å². The highest BCUT2D eigenvalue weighted by molar-refractivity contribution is 7.89. The van der Waals surface area contributed by atoms with Crippen molar-refractivity contribution in [3.05, 3.63) is 48.0 Å². The van der Waals surface area contributed by atoms with Gasteiger partial charge in [-0.05, 0) is 50.1 Å². The normalized spacial score (nSPS) is 11.7. The van der Waals surface area contributed by atoms with E-state index in [1.54, 1.807) is 36.4 Å². The maximum Gasteiger partial charge on any atom is 0.261 e. The number of anilines is 1. The smallest absolute Gasteiger partial charge is 0.261 e. The van der Waals surface area contributed by atoms with Gasteiger partial charge in [-0.25, -0.2) is 13.4 Å². The lowest BCUT2D eigenvalue weighted by Gasteiger charge is -2.20. The molecule has 0 spiro atoms. The highest BCUT2D eigenvalue weighted by Crippen LogP contribution is 2.30. The summed E-state index contributed by atoms with van der Waals surface area (Å²) < 4.78 is 33.8. The summed E-state index contributed by atoms with van der Waals surface area (Å²) in [5.74, 6) is 0.178. The first kappa shape index (κ1) is 23.2. The summed E-state index contributed by atoms with van der Waals surface area (Å²) in [6.45, 7) is 7.20. The van der Waals surface area contributed by atoms with E-state index in [9.17, 15) is 13.2 Å². The van der Waals surface area contributed by atoms with Gasteiger partial charge in [-0.3, -0.25) is 10.1 Å². The SMILES string of the molecule is CCCN(CCC)S(=O)(=O)c1ccc2nc(NC(=O)c3ccccc3OCC)sc2c1. The molecule has 0 atom stereocenters. The number of aromatic nitrogens is 1. The standard InChI is InChI=1S/C22H27N3O4S2/c1-4-13-25(14-5-2)31(27,28)16-11-12-18-20(15-16)30-22(23-18)24-21(26)17-9-7-8-10-19(17)29-6-3/h7-12,15H,4-6,13-14H2,1-3H3,(H,23,24,26). The topological polar surface area (TPSA) is 88.6 Å². The quantitative estimate of drug-likeness (QED) is 0.470. The monoisotopic (exact) mass is 461 g/mol. The number of hydrogen-bond acceptors (Lipinski definition) is 6. The molecule has 0 radical (unpaired) electrons. The van der Waals surface area contributed by atoms with Gasteiger partial charge in [0.05, 0.1) is 27.3 Å². The second-order valence-corrected chi connectivity index (χ2v) is 9.90. The molecule has 0 aliphatic rings. The molecule has 1 amide bonds. The van der Waals surface area contributed by atoms with Crippen molar-refractivity contribution in [1.29, 1.82) is 0 Å². The van der Waals surface area contributed by atoms with Crippen molar-refractivity contribution in [2.75, 3.05) is 25.0 Å². The van der Waals surface area contributed by atoms with Crippen LogP contribution >= 0.6 is 11.3 Å². The van der Waals surface area contributed by atoms with Crippen molar-refractivity contribution in [1.82, 2.24) is 9.29 Å². The number of amides is 1. The fourth-order valence-corrected chi connectivity index (χ4v) is 5.84. The van der Waals surface area contributed by atoms with Gasteiger partial charge in [0.2, 0.25) is 10.0 Å². The molecule has 1 N–H and O–H groups in total. The summed E-state index contributed by atoms with van der Waals surface area (Å²) in [4.78, 5) is 17.4. The van der Waals surface area contributed by atoms with E-state index in [2.05, 4.69) is 10.3 Å². The van der Waals surface area contributed by atoms with Crippen LogP contribution in [0, 0.1) is 0 Å². The van der Waals surface area contributed by atoms with E-state index in [0.717, 1.165) is 12.8 Å². The third kappa shape index (κ3) is 5.23. The molecule has 0 unspecified atom stereocenters. The van der Waals surface area contributed by atoms with Crippen LogP contribution < -0.4 is 10.1 Å². The Labute approximate surface area is 187 Å². The number of nitrogens with zero attached hydrogens (tertiary/aromatic N) is 2. The van der Waals surface area contributed by atoms with Crippen molar-refractivity contribution in [3.8, 4) is 5.75 Å². The average molecular weight is 462 g/mol. The molecule has 0 bridgehead atoms. The molecule has 0 aliphatic heterocycles. The van der Waals surface area contributed by atoms with Crippen molar-refractivity contribution in [3.63, 3.8) is 0 Å². The number of sulfonamides is 1. The van der Waals surface area contributed by atoms with E-state index < -0.39 is 10.0 Å². The number of benzene rings is 2. The number of carbonyl (C=O) groups is 1. The van der Waals surface area contributed by atoms with E-state index in [0.29, 0.717) is 46.4 Å². The second-order valence-electron chi connectivity index (χ2n) is 6.94. The molecule has 0 saturated carbocycles. The van der Waals surface area contributed by atoms with E-state index >= 15 is 0 Å². The number of ether oxygens (including phenoxy) is 1. The number of fused-ring (bicyclic) bond motifs is 1. The molecule has 0 aliphatic carbocycles. The van der Waals surface area contributed by atoms with E-state index in [4.69, 9.17) is 4.74 Å². The number of para-hydroxylation sites is 1. The molecule has 0 saturated heterocycles. The molecule has 7 nitrogen and oxygen atoms in total. The zero-order valence-electron chi connectivity index (χ0n) is 17.9. The molecule has 31 heavy (non-hydrogen) atoms. The summed E-state index contributed by atoms with van der Waals surface area (Å²) in [6.07, 6.45) is 1.50. The van der Waals surface area contributed by atoms with E-state index in [1.807, 2.05) is 26.8 Å².